The van der Waals surface area contributed by atoms with Crippen molar-refractivity contribution in [3.63, 3.8) is 0 Å². The van der Waals surface area contributed by atoms with E-state index in [9.17, 15) is 29.7 Å². The lowest BCUT2D eigenvalue weighted by atomic mass is 9.63. The van der Waals surface area contributed by atoms with Gasteiger partial charge in [0, 0.05) is 34.5 Å². The third-order valence-corrected chi connectivity index (χ3v) is 12.5. The molecule has 0 radical (unpaired) electrons. The number of fused-ring (bicyclic) bond motifs is 6. The van der Waals surface area contributed by atoms with E-state index in [2.05, 4.69) is 26.3 Å². The molecule has 5 unspecified atom stereocenters. The van der Waals surface area contributed by atoms with Crippen molar-refractivity contribution in [1.29, 1.82) is 0 Å². The highest BCUT2D eigenvalue weighted by molar-refractivity contribution is 5.90. The van der Waals surface area contributed by atoms with Crippen LogP contribution in [0, 0.1) is 46.8 Å². The number of hydrogen-bond acceptors (Lipinski definition) is 5. The number of carboxylic acid groups (broad SMARTS) is 2. The van der Waals surface area contributed by atoms with Gasteiger partial charge < -0.3 is 20.1 Å². The molecule has 5 aliphatic rings. The first kappa shape index (κ1) is 30.7. The van der Waals surface area contributed by atoms with Gasteiger partial charge in [0.2, 0.25) is 0 Å². The molecule has 0 aromatic heterocycles. The van der Waals surface area contributed by atoms with E-state index in [1.165, 1.54) is 0 Å². The van der Waals surface area contributed by atoms with E-state index < -0.39 is 29.2 Å². The number of ketones is 1. The Kier molecular flexibility index (Phi) is 7.86. The van der Waals surface area contributed by atoms with Crippen LogP contribution in [0.25, 0.3) is 0 Å². The topological polar surface area (TPSA) is 121 Å². The summed E-state index contributed by atoms with van der Waals surface area (Å²) in [7, 11) is 0. The van der Waals surface area contributed by atoms with Crippen LogP contribution >= 0.6 is 0 Å². The van der Waals surface area contributed by atoms with E-state index in [1.54, 1.807) is 0 Å². The van der Waals surface area contributed by atoms with Gasteiger partial charge in [0.05, 0.1) is 5.60 Å². The first-order chi connectivity index (χ1) is 20.9. The standard InChI is InChI=1S/C37H44O7/c1-20-10-13-26(23(4)34(41)42)17-30-27(20)18-31-36(14-15-37(30,31)44-35(43)24-8-6-5-7-9-24)29-16-25(22(3)33(39)40)12-11-21(2)28(29)19-32(36)38/h5-9,25-31,35,43H,1-4,10-19H2,(H,39,40)(H,41,42)/t25-,26?,27?,28+,29?,30-,31?,35?,36-,37+/m1/s1. The fourth-order valence-corrected chi connectivity index (χ4v) is 10.3. The molecule has 6 rings (SSSR count). The van der Waals surface area contributed by atoms with Crippen molar-refractivity contribution in [1.82, 2.24) is 0 Å². The molecule has 10 atom stereocenters. The number of aliphatic carboxylic acids is 2. The van der Waals surface area contributed by atoms with Gasteiger partial charge in [-0.3, -0.25) is 4.79 Å². The highest BCUT2D eigenvalue weighted by Gasteiger charge is 2.73. The summed E-state index contributed by atoms with van der Waals surface area (Å²) in [5.74, 6) is -2.84. The Bertz CT molecular complexity index is 1430. The minimum atomic E-state index is -1.22. The van der Waals surface area contributed by atoms with Crippen molar-refractivity contribution < 1.29 is 34.4 Å². The van der Waals surface area contributed by atoms with Crippen molar-refractivity contribution in [3.05, 3.63) is 84.5 Å². The Morgan fingerprint density at radius 1 is 0.841 bits per heavy atom. The summed E-state index contributed by atoms with van der Waals surface area (Å²) in [6.45, 7) is 16.7. The third kappa shape index (κ3) is 4.66. The average molecular weight is 601 g/mol. The Morgan fingerprint density at radius 2 is 1.41 bits per heavy atom. The minimum absolute atomic E-state index is 0.0114. The molecule has 5 fully saturated rings. The molecular weight excluding hydrogens is 556 g/mol. The van der Waals surface area contributed by atoms with E-state index in [-0.39, 0.29) is 58.4 Å². The van der Waals surface area contributed by atoms with Gasteiger partial charge in [-0.15, -0.1) is 0 Å². The fourth-order valence-electron chi connectivity index (χ4n) is 10.3. The van der Waals surface area contributed by atoms with Gasteiger partial charge in [0.1, 0.15) is 5.78 Å². The summed E-state index contributed by atoms with van der Waals surface area (Å²) in [5, 5.41) is 31.3. The SMILES string of the molecule is C=C(C(=O)O)C1CCC(=C)C2CC3[C@]4(CC[C@]3(OC(O)c3ccccc3)[C@@H]2C1)C(=O)C[C@H]1C(=C)CC[C@@H](C(=C)C(=O)O)CC14. The van der Waals surface area contributed by atoms with Crippen molar-refractivity contribution in [3.8, 4) is 0 Å². The van der Waals surface area contributed by atoms with Crippen LogP contribution < -0.4 is 0 Å². The van der Waals surface area contributed by atoms with Crippen LogP contribution in [0.5, 0.6) is 0 Å². The molecule has 5 aliphatic carbocycles. The maximum atomic E-state index is 14.5. The summed E-state index contributed by atoms with van der Waals surface area (Å²) in [6.07, 6.45) is 4.71. The smallest absolute Gasteiger partial charge is 0.331 e. The van der Waals surface area contributed by atoms with Gasteiger partial charge in [-0.1, -0.05) is 67.8 Å². The summed E-state index contributed by atoms with van der Waals surface area (Å²) in [6, 6.07) is 9.22. The lowest BCUT2D eigenvalue weighted by molar-refractivity contribution is -0.221. The van der Waals surface area contributed by atoms with Crippen LogP contribution in [-0.2, 0) is 19.1 Å². The highest BCUT2D eigenvalue weighted by Crippen LogP contribution is 2.73. The molecule has 234 valence electrons. The second-order valence-corrected chi connectivity index (χ2v) is 14.1. The minimum Gasteiger partial charge on any atom is -0.478 e. The van der Waals surface area contributed by atoms with Gasteiger partial charge in [0.15, 0.2) is 6.29 Å². The second-order valence-electron chi connectivity index (χ2n) is 14.1. The highest BCUT2D eigenvalue weighted by atomic mass is 16.6. The molecule has 0 bridgehead atoms. The molecule has 1 aromatic carbocycles. The molecule has 1 spiro atoms. The number of carbonyl (C=O) groups excluding carboxylic acids is 1. The Morgan fingerprint density at radius 3 is 2.00 bits per heavy atom. The number of Topliss-reactive ketones (excluding diaryl/α,β-unsaturated/α-hetero) is 1. The zero-order chi connectivity index (χ0) is 31.6. The monoisotopic (exact) mass is 600 g/mol. The van der Waals surface area contributed by atoms with Crippen LogP contribution in [-0.4, -0.2) is 38.6 Å². The lowest BCUT2D eigenvalue weighted by Gasteiger charge is -2.44. The summed E-state index contributed by atoms with van der Waals surface area (Å²) >= 11 is 0. The zero-order valence-corrected chi connectivity index (χ0v) is 25.4. The maximum Gasteiger partial charge on any atom is 0.331 e. The quantitative estimate of drug-likeness (QED) is 0.182. The van der Waals surface area contributed by atoms with Crippen LogP contribution in [0.2, 0.25) is 0 Å². The third-order valence-electron chi connectivity index (χ3n) is 12.5. The van der Waals surface area contributed by atoms with E-state index in [4.69, 9.17) is 4.74 Å². The number of rotatable bonds is 7. The largest absolute Gasteiger partial charge is 0.478 e. The summed E-state index contributed by atoms with van der Waals surface area (Å²) < 4.78 is 6.91. The van der Waals surface area contributed by atoms with E-state index >= 15 is 0 Å². The normalized spacial score (nSPS) is 38.8. The van der Waals surface area contributed by atoms with Crippen molar-refractivity contribution in [2.24, 2.45) is 46.8 Å². The van der Waals surface area contributed by atoms with Crippen LogP contribution in [0.3, 0.4) is 0 Å². The number of aliphatic hydroxyl groups excluding tert-OH is 1. The van der Waals surface area contributed by atoms with E-state index in [1.807, 2.05) is 30.3 Å². The number of hydrogen-bond donors (Lipinski definition) is 3. The van der Waals surface area contributed by atoms with Gasteiger partial charge in [0.25, 0.3) is 0 Å². The molecule has 3 N–H and O–H groups in total. The predicted octanol–water partition coefficient (Wildman–Crippen LogP) is 6.66. The first-order valence-electron chi connectivity index (χ1n) is 16.0. The molecule has 44 heavy (non-hydrogen) atoms. The molecular formula is C37H44O7. The number of carbonyl (C=O) groups is 3. The van der Waals surface area contributed by atoms with Crippen LogP contribution in [0.15, 0.2) is 78.9 Å². The molecule has 1 aromatic rings. The van der Waals surface area contributed by atoms with E-state index in [0.29, 0.717) is 69.8 Å². The number of ether oxygens (including phenoxy) is 1. The van der Waals surface area contributed by atoms with E-state index in [0.717, 1.165) is 11.1 Å². The first-order valence-corrected chi connectivity index (χ1v) is 16.0. The lowest BCUT2D eigenvalue weighted by Crippen LogP contribution is -2.48. The van der Waals surface area contributed by atoms with Crippen LogP contribution in [0.4, 0.5) is 0 Å². The van der Waals surface area contributed by atoms with Crippen molar-refractivity contribution in [2.75, 3.05) is 0 Å². The van der Waals surface area contributed by atoms with Gasteiger partial charge >= 0.3 is 11.9 Å². The molecule has 7 nitrogen and oxygen atoms in total. The predicted molar refractivity (Wildman–Crippen MR) is 165 cm³/mol. The molecule has 5 saturated carbocycles. The van der Waals surface area contributed by atoms with Gasteiger partial charge in [-0.2, -0.15) is 0 Å². The number of aliphatic hydroxyl groups is 1. The summed E-state index contributed by atoms with van der Waals surface area (Å²) in [5.41, 5.74) is 1.41. The van der Waals surface area contributed by atoms with Gasteiger partial charge in [-0.05, 0) is 93.3 Å². The van der Waals surface area contributed by atoms with Crippen molar-refractivity contribution >= 4 is 17.7 Å². The molecule has 0 aliphatic heterocycles. The molecule has 7 heteroatoms. The molecule has 0 amide bonds. The zero-order valence-electron chi connectivity index (χ0n) is 25.4. The average Bonchev–Trinajstić information content (AvgIpc) is 3.49. The number of allylic oxidation sites excluding steroid dienone is 2. The van der Waals surface area contributed by atoms with Gasteiger partial charge in [-0.25, -0.2) is 9.59 Å². The fraction of sp³-hybridized carbons (Fsp3) is 0.541. The van der Waals surface area contributed by atoms with Crippen LogP contribution in [0.1, 0.15) is 76.1 Å². The summed E-state index contributed by atoms with van der Waals surface area (Å²) in [4.78, 5) is 38.6. The van der Waals surface area contributed by atoms with Crippen molar-refractivity contribution in [2.45, 2.75) is 76.1 Å². The number of benzene rings is 1. The molecule has 0 saturated heterocycles. The molecule has 0 heterocycles. The Hall–Kier alpha value is -3.29. The Balaban J connectivity index is 1.46. The second kappa shape index (κ2) is 11.3. The maximum absolute atomic E-state index is 14.5. The number of carboxylic acids is 2. The Labute approximate surface area is 259 Å².